The number of rotatable bonds is 7. The zero-order valence-corrected chi connectivity index (χ0v) is 17.9. The average molecular weight is 424 g/mol. The van der Waals surface area contributed by atoms with Gasteiger partial charge in [-0.15, -0.1) is 0 Å². The van der Waals surface area contributed by atoms with Gasteiger partial charge in [0.1, 0.15) is 0 Å². The van der Waals surface area contributed by atoms with Crippen LogP contribution in [0.15, 0.2) is 41.4 Å². The van der Waals surface area contributed by atoms with Crippen molar-refractivity contribution in [2.45, 2.75) is 19.9 Å². The molecule has 4 unspecified atom stereocenters. The molecule has 1 saturated heterocycles. The maximum Gasteiger partial charge on any atom is 0.251 e. The Labute approximate surface area is 182 Å². The summed E-state index contributed by atoms with van der Waals surface area (Å²) in [6.45, 7) is 3.83. The van der Waals surface area contributed by atoms with Gasteiger partial charge in [0, 0.05) is 32.2 Å². The van der Waals surface area contributed by atoms with Crippen LogP contribution in [-0.2, 0) is 16.1 Å². The van der Waals surface area contributed by atoms with Gasteiger partial charge in [-0.2, -0.15) is 0 Å². The van der Waals surface area contributed by atoms with Gasteiger partial charge in [-0.3, -0.25) is 19.3 Å². The van der Waals surface area contributed by atoms with E-state index in [-0.39, 0.29) is 41.4 Å². The number of carbonyl (C=O) groups is 3. The number of aliphatic imine (C=N–C) groups is 1. The maximum atomic E-state index is 12.8. The van der Waals surface area contributed by atoms with E-state index in [4.69, 9.17) is 0 Å². The van der Waals surface area contributed by atoms with Gasteiger partial charge in [-0.1, -0.05) is 24.3 Å². The third kappa shape index (κ3) is 4.06. The largest absolute Gasteiger partial charge is 0.357 e. The number of fused-ring (bicyclic) bond motifs is 5. The van der Waals surface area contributed by atoms with Crippen molar-refractivity contribution in [1.82, 2.24) is 20.9 Å². The first kappa shape index (κ1) is 21.1. The molecule has 2 bridgehead atoms. The van der Waals surface area contributed by atoms with Gasteiger partial charge in [0.05, 0.1) is 18.4 Å². The lowest BCUT2D eigenvalue weighted by molar-refractivity contribution is -0.140. The molecule has 164 valence electrons. The van der Waals surface area contributed by atoms with Crippen LogP contribution in [0.1, 0.15) is 29.3 Å². The zero-order chi connectivity index (χ0) is 22.0. The molecule has 8 heteroatoms. The van der Waals surface area contributed by atoms with Crippen LogP contribution in [0, 0.1) is 23.7 Å². The molecule has 1 aromatic rings. The molecule has 31 heavy (non-hydrogen) atoms. The van der Waals surface area contributed by atoms with Crippen LogP contribution < -0.4 is 16.0 Å². The maximum absolute atomic E-state index is 12.8. The number of carbonyl (C=O) groups excluding carboxylic acids is 3. The fourth-order valence-electron chi connectivity index (χ4n) is 4.94. The minimum absolute atomic E-state index is 0.0263. The van der Waals surface area contributed by atoms with E-state index in [2.05, 4.69) is 33.1 Å². The molecule has 3 aliphatic rings. The number of guanidine groups is 1. The topological polar surface area (TPSA) is 103 Å². The van der Waals surface area contributed by atoms with E-state index in [1.807, 2.05) is 25.1 Å². The minimum Gasteiger partial charge on any atom is -0.357 e. The van der Waals surface area contributed by atoms with Gasteiger partial charge in [0.15, 0.2) is 5.96 Å². The number of nitrogens with one attached hydrogen (secondary N) is 3. The number of amides is 3. The quantitative estimate of drug-likeness (QED) is 0.262. The Morgan fingerprint density at radius 2 is 1.84 bits per heavy atom. The number of imide groups is 1. The van der Waals surface area contributed by atoms with Crippen molar-refractivity contribution in [2.75, 3.05) is 26.7 Å². The highest BCUT2D eigenvalue weighted by Gasteiger charge is 2.58. The molecule has 0 radical (unpaired) electrons. The van der Waals surface area contributed by atoms with E-state index in [0.29, 0.717) is 37.7 Å². The van der Waals surface area contributed by atoms with Crippen LogP contribution in [0.4, 0.5) is 0 Å². The van der Waals surface area contributed by atoms with Crippen molar-refractivity contribution in [2.24, 2.45) is 28.7 Å². The Kier molecular flexibility index (Phi) is 6.06. The number of benzene rings is 1. The van der Waals surface area contributed by atoms with E-state index >= 15 is 0 Å². The average Bonchev–Trinajstić information content (AvgIpc) is 3.46. The second-order valence-corrected chi connectivity index (χ2v) is 8.23. The first-order valence-corrected chi connectivity index (χ1v) is 10.9. The Bertz CT molecular complexity index is 911. The normalized spacial score (nSPS) is 26.4. The van der Waals surface area contributed by atoms with Crippen molar-refractivity contribution >= 4 is 23.7 Å². The van der Waals surface area contributed by atoms with Crippen molar-refractivity contribution < 1.29 is 14.4 Å². The molecule has 2 fully saturated rings. The van der Waals surface area contributed by atoms with Crippen LogP contribution in [0.25, 0.3) is 0 Å². The summed E-state index contributed by atoms with van der Waals surface area (Å²) in [5.74, 6) is 0.568. The molecule has 2 aliphatic carbocycles. The number of nitrogens with zero attached hydrogens (tertiary/aromatic N) is 2. The van der Waals surface area contributed by atoms with Gasteiger partial charge in [0.2, 0.25) is 11.8 Å². The molecule has 1 aromatic carbocycles. The van der Waals surface area contributed by atoms with E-state index in [1.54, 1.807) is 13.1 Å². The summed E-state index contributed by atoms with van der Waals surface area (Å²) in [6.07, 6.45) is 5.15. The fraction of sp³-hybridized carbons (Fsp3) is 0.478. The monoisotopic (exact) mass is 423 g/mol. The molecule has 8 nitrogen and oxygen atoms in total. The molecule has 4 atom stereocenters. The van der Waals surface area contributed by atoms with Crippen molar-refractivity contribution in [3.8, 4) is 0 Å². The number of likely N-dealkylation sites (tertiary alicyclic amines) is 1. The lowest BCUT2D eigenvalue weighted by Gasteiger charge is -2.18. The third-order valence-electron chi connectivity index (χ3n) is 6.37. The highest BCUT2D eigenvalue weighted by Crippen LogP contribution is 2.52. The third-order valence-corrected chi connectivity index (χ3v) is 6.37. The first-order valence-electron chi connectivity index (χ1n) is 10.9. The number of hydrogen-bond donors (Lipinski definition) is 3. The molecule has 4 rings (SSSR count). The Morgan fingerprint density at radius 3 is 2.48 bits per heavy atom. The summed E-state index contributed by atoms with van der Waals surface area (Å²) in [5.41, 5.74) is 1.51. The van der Waals surface area contributed by atoms with Crippen LogP contribution in [-0.4, -0.2) is 55.3 Å². The van der Waals surface area contributed by atoms with Gasteiger partial charge in [0.25, 0.3) is 5.91 Å². The minimum atomic E-state index is -0.156. The molecule has 0 aromatic heterocycles. The van der Waals surface area contributed by atoms with Gasteiger partial charge in [-0.25, -0.2) is 4.99 Å². The smallest absolute Gasteiger partial charge is 0.251 e. The first-order chi connectivity index (χ1) is 15.0. The molecular formula is C23H29N5O3. The van der Waals surface area contributed by atoms with Gasteiger partial charge < -0.3 is 16.0 Å². The predicted octanol–water partition coefficient (Wildman–Crippen LogP) is 0.908. The van der Waals surface area contributed by atoms with E-state index in [1.165, 1.54) is 4.90 Å². The SMILES string of the molecule is CCNC(=NCc1cccc(C(=O)NC)c1)NCCN1C(=O)C2C3C=CC(C3)C2C1=O. The Hall–Kier alpha value is -3.16. The zero-order valence-electron chi connectivity index (χ0n) is 17.9. The standard InChI is InChI=1S/C23H29N5O3/c1-3-25-23(27-13-14-5-4-6-17(11-14)20(29)24-2)26-9-10-28-21(30)18-15-7-8-16(12-15)19(18)22(28)31/h4-8,11,15-16,18-19H,3,9-10,12-13H2,1-2H3,(H,24,29)(H2,25,26,27). The van der Waals surface area contributed by atoms with Crippen molar-refractivity contribution in [3.05, 3.63) is 47.5 Å². The van der Waals surface area contributed by atoms with Crippen LogP contribution in [0.2, 0.25) is 0 Å². The second-order valence-electron chi connectivity index (χ2n) is 8.23. The molecule has 0 spiro atoms. The number of allylic oxidation sites excluding steroid dienone is 2. The van der Waals surface area contributed by atoms with Gasteiger partial charge >= 0.3 is 0 Å². The fourth-order valence-corrected chi connectivity index (χ4v) is 4.94. The molecule has 1 heterocycles. The van der Waals surface area contributed by atoms with Crippen LogP contribution in [0.5, 0.6) is 0 Å². The highest BCUT2D eigenvalue weighted by atomic mass is 16.2. The van der Waals surface area contributed by atoms with E-state index in [0.717, 1.165) is 12.0 Å². The van der Waals surface area contributed by atoms with Crippen molar-refractivity contribution in [3.63, 3.8) is 0 Å². The van der Waals surface area contributed by atoms with Gasteiger partial charge in [-0.05, 0) is 42.9 Å². The van der Waals surface area contributed by atoms with E-state index in [9.17, 15) is 14.4 Å². The summed E-state index contributed by atoms with van der Waals surface area (Å²) in [4.78, 5) is 43.3. The highest BCUT2D eigenvalue weighted by molar-refractivity contribution is 6.06. The lowest BCUT2D eigenvalue weighted by Crippen LogP contribution is -2.43. The summed E-state index contributed by atoms with van der Waals surface area (Å²) >= 11 is 0. The predicted molar refractivity (Wildman–Crippen MR) is 117 cm³/mol. The van der Waals surface area contributed by atoms with Crippen LogP contribution in [0.3, 0.4) is 0 Å². The van der Waals surface area contributed by atoms with Crippen molar-refractivity contribution in [1.29, 1.82) is 0 Å². The second kappa shape index (κ2) is 8.91. The Balaban J connectivity index is 1.34. The summed E-state index contributed by atoms with van der Waals surface area (Å²) in [5, 5.41) is 9.00. The van der Waals surface area contributed by atoms with E-state index < -0.39 is 0 Å². The van der Waals surface area contributed by atoms with Crippen LogP contribution >= 0.6 is 0 Å². The molecule has 3 N–H and O–H groups in total. The molecular weight excluding hydrogens is 394 g/mol. The molecule has 1 aliphatic heterocycles. The molecule has 1 saturated carbocycles. The Morgan fingerprint density at radius 1 is 1.13 bits per heavy atom. The number of hydrogen-bond acceptors (Lipinski definition) is 4. The lowest BCUT2D eigenvalue weighted by atomic mass is 9.85. The molecule has 3 amide bonds. The summed E-state index contributed by atoms with van der Waals surface area (Å²) in [7, 11) is 1.60. The summed E-state index contributed by atoms with van der Waals surface area (Å²) < 4.78 is 0. The summed E-state index contributed by atoms with van der Waals surface area (Å²) in [6, 6.07) is 7.33.